The first kappa shape index (κ1) is 25.8. The molecule has 9 heteroatoms. The first-order valence-corrected chi connectivity index (χ1v) is 13.1. The summed E-state index contributed by atoms with van der Waals surface area (Å²) in [4.78, 5) is 12.8. The van der Waals surface area contributed by atoms with Crippen LogP contribution in [0.1, 0.15) is 30.0 Å². The van der Waals surface area contributed by atoms with Gasteiger partial charge < -0.3 is 14.8 Å². The van der Waals surface area contributed by atoms with E-state index in [4.69, 9.17) is 9.47 Å². The maximum absolute atomic E-state index is 12.8. The lowest BCUT2D eigenvalue weighted by Gasteiger charge is -2.17. The molecule has 0 saturated carbocycles. The van der Waals surface area contributed by atoms with Crippen LogP contribution in [0.5, 0.6) is 11.5 Å². The molecular weight excluding hydrogens is 540 g/mol. The third kappa shape index (κ3) is 5.91. The molecule has 7 nitrogen and oxygen atoms in total. The van der Waals surface area contributed by atoms with Crippen LogP contribution in [0.15, 0.2) is 76.4 Å². The Morgan fingerprint density at radius 2 is 1.69 bits per heavy atom. The third-order valence-corrected chi connectivity index (χ3v) is 7.52. The Labute approximate surface area is 223 Å². The summed E-state index contributed by atoms with van der Waals surface area (Å²) < 4.78 is 14.3. The number of nitrogens with one attached hydrogen (secondary N) is 1. The summed E-state index contributed by atoms with van der Waals surface area (Å²) in [7, 11) is 1.63. The lowest BCUT2D eigenvalue weighted by molar-refractivity contribution is -0.113. The molecule has 0 bridgehead atoms. The predicted octanol–water partition coefficient (Wildman–Crippen LogP) is 6.53. The normalized spacial score (nSPS) is 11.7. The minimum Gasteiger partial charge on any atom is -0.497 e. The average Bonchev–Trinajstić information content (AvgIpc) is 3.33. The van der Waals surface area contributed by atoms with Crippen LogP contribution in [0.2, 0.25) is 0 Å². The zero-order chi connectivity index (χ0) is 25.7. The van der Waals surface area contributed by atoms with Gasteiger partial charge in [-0.25, -0.2) is 0 Å². The maximum Gasteiger partial charge on any atom is 0.234 e. The number of aromatic nitrogens is 3. The number of hydrogen-bond acceptors (Lipinski definition) is 6. The average molecular weight is 568 g/mol. The van der Waals surface area contributed by atoms with E-state index in [9.17, 15) is 4.79 Å². The number of ether oxygens (including phenoxy) is 2. The highest BCUT2D eigenvalue weighted by Gasteiger charge is 2.22. The lowest BCUT2D eigenvalue weighted by Crippen LogP contribution is -2.16. The van der Waals surface area contributed by atoms with Gasteiger partial charge >= 0.3 is 0 Å². The molecule has 4 rings (SSSR count). The van der Waals surface area contributed by atoms with Crippen molar-refractivity contribution in [3.8, 4) is 17.2 Å². The summed E-state index contributed by atoms with van der Waals surface area (Å²) in [6, 6.07) is 21.0. The monoisotopic (exact) mass is 566 g/mol. The molecule has 0 saturated heterocycles. The van der Waals surface area contributed by atoms with Gasteiger partial charge in [-0.1, -0.05) is 45.9 Å². The fourth-order valence-electron chi connectivity index (χ4n) is 3.61. The van der Waals surface area contributed by atoms with Crippen molar-refractivity contribution in [3.05, 3.63) is 88.2 Å². The minimum atomic E-state index is -0.386. The number of thioether (sulfide) groups is 1. The van der Waals surface area contributed by atoms with Crippen LogP contribution in [0.25, 0.3) is 5.69 Å². The summed E-state index contributed by atoms with van der Waals surface area (Å²) >= 11 is 4.86. The predicted molar refractivity (Wildman–Crippen MR) is 146 cm³/mol. The largest absolute Gasteiger partial charge is 0.497 e. The standard InChI is InChI=1S/C27H27BrN4O3S/c1-17-18(2)24(15-14-23(17)28)29-25(33)16-36-27-31-30-26(32(27)20-8-6-5-7-9-20)19(3)35-22-12-10-21(34-4)11-13-22/h5-15,19H,16H2,1-4H3,(H,29,33). The van der Waals surface area contributed by atoms with Crippen molar-refractivity contribution < 1.29 is 14.3 Å². The molecule has 0 aliphatic carbocycles. The highest BCUT2D eigenvalue weighted by Crippen LogP contribution is 2.29. The van der Waals surface area contributed by atoms with Gasteiger partial charge in [0.05, 0.1) is 12.9 Å². The molecule has 0 radical (unpaired) electrons. The highest BCUT2D eigenvalue weighted by molar-refractivity contribution is 9.10. The van der Waals surface area contributed by atoms with Gasteiger partial charge in [-0.2, -0.15) is 0 Å². The summed E-state index contributed by atoms with van der Waals surface area (Å²) in [5.41, 5.74) is 3.82. The molecule has 1 aromatic heterocycles. The zero-order valence-electron chi connectivity index (χ0n) is 20.5. The van der Waals surface area contributed by atoms with Crippen molar-refractivity contribution in [1.29, 1.82) is 0 Å². The second kappa shape index (κ2) is 11.6. The third-order valence-electron chi connectivity index (χ3n) is 5.74. The molecule has 36 heavy (non-hydrogen) atoms. The van der Waals surface area contributed by atoms with Crippen LogP contribution in [0, 0.1) is 13.8 Å². The van der Waals surface area contributed by atoms with Crippen LogP contribution in [-0.2, 0) is 4.79 Å². The van der Waals surface area contributed by atoms with Gasteiger partial charge in [0.2, 0.25) is 5.91 Å². The molecule has 0 fully saturated rings. The fraction of sp³-hybridized carbons (Fsp3) is 0.222. The number of amides is 1. The van der Waals surface area contributed by atoms with Crippen LogP contribution in [0.3, 0.4) is 0 Å². The van der Waals surface area contributed by atoms with E-state index in [1.807, 2.05) is 92.1 Å². The quantitative estimate of drug-likeness (QED) is 0.232. The number of anilines is 1. The smallest absolute Gasteiger partial charge is 0.234 e. The molecular formula is C27H27BrN4O3S. The summed E-state index contributed by atoms with van der Waals surface area (Å²) in [6.07, 6.45) is -0.386. The van der Waals surface area contributed by atoms with Gasteiger partial charge in [-0.3, -0.25) is 9.36 Å². The van der Waals surface area contributed by atoms with E-state index < -0.39 is 0 Å². The van der Waals surface area contributed by atoms with Crippen molar-refractivity contribution in [2.45, 2.75) is 32.0 Å². The molecule has 0 aliphatic rings. The molecule has 186 valence electrons. The van der Waals surface area contributed by atoms with E-state index in [-0.39, 0.29) is 17.8 Å². The Morgan fingerprint density at radius 1 is 1.00 bits per heavy atom. The van der Waals surface area contributed by atoms with Crippen LogP contribution in [0.4, 0.5) is 5.69 Å². The molecule has 1 heterocycles. The second-order valence-corrected chi connectivity index (χ2v) is 9.93. The number of methoxy groups -OCH3 is 1. The number of rotatable bonds is 9. The van der Waals surface area contributed by atoms with Gasteiger partial charge in [0.15, 0.2) is 17.1 Å². The lowest BCUT2D eigenvalue weighted by atomic mass is 10.1. The summed E-state index contributed by atoms with van der Waals surface area (Å²) in [6.45, 7) is 5.93. The minimum absolute atomic E-state index is 0.114. The number of hydrogen-bond donors (Lipinski definition) is 1. The number of carbonyl (C=O) groups is 1. The van der Waals surface area contributed by atoms with Crippen molar-refractivity contribution in [2.24, 2.45) is 0 Å². The van der Waals surface area contributed by atoms with E-state index in [1.165, 1.54) is 11.8 Å². The number of carbonyl (C=O) groups excluding carboxylic acids is 1. The molecule has 0 aliphatic heterocycles. The van der Waals surface area contributed by atoms with E-state index in [2.05, 4.69) is 31.4 Å². The van der Waals surface area contributed by atoms with Gasteiger partial charge in [-0.05, 0) is 80.4 Å². The van der Waals surface area contributed by atoms with Gasteiger partial charge in [0.1, 0.15) is 11.5 Å². The summed E-state index contributed by atoms with van der Waals surface area (Å²) in [5, 5.41) is 12.4. The van der Waals surface area contributed by atoms with Crippen molar-refractivity contribution in [1.82, 2.24) is 14.8 Å². The first-order valence-electron chi connectivity index (χ1n) is 11.4. The van der Waals surface area contributed by atoms with Crippen molar-refractivity contribution in [2.75, 3.05) is 18.2 Å². The molecule has 4 aromatic rings. The second-order valence-electron chi connectivity index (χ2n) is 8.13. The Kier molecular flexibility index (Phi) is 8.32. The van der Waals surface area contributed by atoms with E-state index in [1.54, 1.807) is 7.11 Å². The molecule has 1 unspecified atom stereocenters. The Hall–Kier alpha value is -3.30. The highest BCUT2D eigenvalue weighted by atomic mass is 79.9. The molecule has 3 aromatic carbocycles. The number of nitrogens with zero attached hydrogens (tertiary/aromatic N) is 3. The molecule has 1 N–H and O–H groups in total. The van der Waals surface area contributed by atoms with Crippen LogP contribution in [-0.4, -0.2) is 33.5 Å². The van der Waals surface area contributed by atoms with Crippen molar-refractivity contribution >= 4 is 39.3 Å². The SMILES string of the molecule is COc1ccc(OC(C)c2nnc(SCC(=O)Nc3ccc(Br)c(C)c3C)n2-c2ccccc2)cc1. The van der Waals surface area contributed by atoms with Gasteiger partial charge in [0, 0.05) is 15.8 Å². The molecule has 1 amide bonds. The van der Waals surface area contributed by atoms with Crippen LogP contribution >= 0.6 is 27.7 Å². The first-order chi connectivity index (χ1) is 17.4. The number of halogens is 1. The maximum atomic E-state index is 12.8. The topological polar surface area (TPSA) is 78.3 Å². The van der Waals surface area contributed by atoms with Crippen LogP contribution < -0.4 is 14.8 Å². The number of benzene rings is 3. The zero-order valence-corrected chi connectivity index (χ0v) is 22.9. The fourth-order valence-corrected chi connectivity index (χ4v) is 4.80. The van der Waals surface area contributed by atoms with Gasteiger partial charge in [0.25, 0.3) is 0 Å². The Balaban J connectivity index is 1.53. The van der Waals surface area contributed by atoms with Gasteiger partial charge in [-0.15, -0.1) is 10.2 Å². The Bertz CT molecular complexity index is 1340. The van der Waals surface area contributed by atoms with E-state index in [0.29, 0.717) is 16.7 Å². The summed E-state index contributed by atoms with van der Waals surface area (Å²) in [5.74, 6) is 2.16. The number of para-hydroxylation sites is 1. The van der Waals surface area contributed by atoms with E-state index in [0.717, 1.165) is 32.7 Å². The van der Waals surface area contributed by atoms with Crippen molar-refractivity contribution in [3.63, 3.8) is 0 Å². The Morgan fingerprint density at radius 3 is 2.39 bits per heavy atom. The molecule has 0 spiro atoms. The molecule has 1 atom stereocenters. The van der Waals surface area contributed by atoms with E-state index >= 15 is 0 Å².